The lowest BCUT2D eigenvalue weighted by molar-refractivity contribution is -0.699. The number of benzene rings is 1. The minimum Gasteiger partial charge on any atom is -0.372 e. The molecule has 0 radical (unpaired) electrons. The van der Waals surface area contributed by atoms with Crippen LogP contribution in [-0.4, -0.2) is 40.0 Å². The number of amidine groups is 1. The van der Waals surface area contributed by atoms with E-state index in [2.05, 4.69) is 66.4 Å². The van der Waals surface area contributed by atoms with Gasteiger partial charge in [0.25, 0.3) is 0 Å². The molecular formula is C20H24N7S+. The van der Waals surface area contributed by atoms with Crippen LogP contribution in [0.15, 0.2) is 64.6 Å². The molecule has 5 rings (SSSR count). The van der Waals surface area contributed by atoms with Gasteiger partial charge >= 0.3 is 0 Å². The van der Waals surface area contributed by atoms with Crippen molar-refractivity contribution >= 4 is 29.3 Å². The van der Waals surface area contributed by atoms with E-state index in [1.807, 2.05) is 19.2 Å². The average Bonchev–Trinajstić information content (AvgIpc) is 3.44. The summed E-state index contributed by atoms with van der Waals surface area (Å²) in [5, 5.41) is 10.7. The predicted molar refractivity (Wildman–Crippen MR) is 113 cm³/mol. The van der Waals surface area contributed by atoms with E-state index in [0.717, 1.165) is 34.6 Å². The maximum atomic E-state index is 4.54. The van der Waals surface area contributed by atoms with Crippen molar-refractivity contribution in [1.29, 1.82) is 0 Å². The second-order valence-corrected chi connectivity index (χ2v) is 8.39. The Kier molecular flexibility index (Phi) is 4.58. The first kappa shape index (κ1) is 17.4. The molecule has 0 saturated carbocycles. The normalized spacial score (nSPS) is 21.0. The van der Waals surface area contributed by atoms with Gasteiger partial charge in [0, 0.05) is 35.4 Å². The number of anilines is 2. The molecule has 0 aliphatic carbocycles. The van der Waals surface area contributed by atoms with Crippen LogP contribution in [0.5, 0.6) is 0 Å². The van der Waals surface area contributed by atoms with Crippen molar-refractivity contribution in [2.45, 2.75) is 24.7 Å². The lowest BCUT2D eigenvalue weighted by Crippen LogP contribution is -3.10. The van der Waals surface area contributed by atoms with Crippen molar-refractivity contribution in [3.8, 4) is 0 Å². The predicted octanol–water partition coefficient (Wildman–Crippen LogP) is 2.32. The third-order valence-electron chi connectivity index (χ3n) is 5.15. The number of hydrogen-bond acceptors (Lipinski definition) is 6. The Morgan fingerprint density at radius 1 is 1.18 bits per heavy atom. The van der Waals surface area contributed by atoms with E-state index >= 15 is 0 Å². The number of quaternary nitrogens is 1. The second-order valence-electron chi connectivity index (χ2n) is 7.26. The molecule has 1 aromatic carbocycles. The molecule has 144 valence electrons. The molecule has 8 heteroatoms. The molecule has 3 aliphatic rings. The minimum atomic E-state index is 0.783. The first-order valence-corrected chi connectivity index (χ1v) is 10.4. The Balaban J connectivity index is 1.32. The highest BCUT2D eigenvalue weighted by atomic mass is 32.2. The Bertz CT molecular complexity index is 938. The number of aromatic nitrogens is 2. The van der Waals surface area contributed by atoms with Crippen LogP contribution in [0.2, 0.25) is 0 Å². The number of rotatable bonds is 5. The first-order valence-electron chi connectivity index (χ1n) is 9.66. The zero-order chi connectivity index (χ0) is 18.9. The zero-order valence-electron chi connectivity index (χ0n) is 15.9. The smallest absolute Gasteiger partial charge is 0.233 e. The number of hydrogen-bond donors (Lipinski definition) is 3. The fraction of sp³-hybridized carbons (Fsp3) is 0.300. The number of nitrogens with one attached hydrogen (secondary N) is 3. The van der Waals surface area contributed by atoms with Crippen LogP contribution in [0, 0.1) is 6.92 Å². The molecule has 0 spiro atoms. The molecule has 3 N–H and O–H groups in total. The largest absolute Gasteiger partial charge is 0.372 e. The van der Waals surface area contributed by atoms with Crippen molar-refractivity contribution < 1.29 is 4.90 Å². The van der Waals surface area contributed by atoms with Gasteiger partial charge in [0.15, 0.2) is 5.82 Å². The van der Waals surface area contributed by atoms with Crippen molar-refractivity contribution in [1.82, 2.24) is 14.5 Å². The van der Waals surface area contributed by atoms with Gasteiger partial charge in [-0.15, -0.1) is 0 Å². The molecule has 3 aliphatic heterocycles. The standard InChI is InChI=1S/C20H23N7S/c1-15-12-18(24-23-15)22-20-14-26(13-19-21-8-11-27(19)20)28-17-6-4-16(5-7-17)25-9-2-3-10-25/h4-8,11-12,14H,2-3,9-10,13H2,1H3,(H2,22,23,24)/p+1. The van der Waals surface area contributed by atoms with Gasteiger partial charge in [0.05, 0.1) is 12.4 Å². The van der Waals surface area contributed by atoms with E-state index < -0.39 is 0 Å². The summed E-state index contributed by atoms with van der Waals surface area (Å²) in [7, 11) is 0. The fourth-order valence-electron chi connectivity index (χ4n) is 3.75. The highest BCUT2D eigenvalue weighted by Crippen LogP contribution is 2.28. The number of aryl methyl sites for hydroxylation is 1. The molecule has 1 aromatic heterocycles. The van der Waals surface area contributed by atoms with E-state index in [9.17, 15) is 0 Å². The summed E-state index contributed by atoms with van der Waals surface area (Å²) in [6.45, 7) is 5.13. The zero-order valence-corrected chi connectivity index (χ0v) is 16.7. The number of nitrogens with zero attached hydrogens (tertiary/aromatic N) is 4. The molecule has 0 amide bonds. The van der Waals surface area contributed by atoms with Crippen LogP contribution in [0.1, 0.15) is 18.5 Å². The molecule has 4 heterocycles. The summed E-state index contributed by atoms with van der Waals surface area (Å²) in [5.74, 6) is 2.92. The van der Waals surface area contributed by atoms with Gasteiger partial charge in [-0.25, -0.2) is 9.89 Å². The fourth-order valence-corrected chi connectivity index (χ4v) is 4.63. The Labute approximate surface area is 168 Å². The molecule has 7 nitrogen and oxygen atoms in total. The summed E-state index contributed by atoms with van der Waals surface area (Å²) in [5.41, 5.74) is 2.36. The molecule has 1 unspecified atom stereocenters. The average molecular weight is 395 g/mol. The van der Waals surface area contributed by atoms with Crippen LogP contribution >= 0.6 is 11.9 Å². The molecule has 1 saturated heterocycles. The third-order valence-corrected chi connectivity index (χ3v) is 6.10. The van der Waals surface area contributed by atoms with Crippen LogP contribution in [0.25, 0.3) is 0 Å². The van der Waals surface area contributed by atoms with Crippen molar-refractivity contribution in [2.75, 3.05) is 29.9 Å². The topological polar surface area (TPSA) is 64.0 Å². The highest BCUT2D eigenvalue weighted by Gasteiger charge is 2.32. The SMILES string of the molecule is Cc1cc(NC2=CN(Sc3ccc(N4CCCC4)cc3)CC3=NC=C[NH+]23)n[nH]1. The summed E-state index contributed by atoms with van der Waals surface area (Å²) >= 11 is 1.73. The summed E-state index contributed by atoms with van der Waals surface area (Å²) in [4.78, 5) is 9.37. The lowest BCUT2D eigenvalue weighted by atomic mass is 10.3. The van der Waals surface area contributed by atoms with Gasteiger partial charge in [-0.1, -0.05) is 0 Å². The van der Waals surface area contributed by atoms with E-state index in [-0.39, 0.29) is 0 Å². The molecule has 2 aromatic rings. The number of aromatic amines is 1. The molecule has 0 bridgehead atoms. The maximum absolute atomic E-state index is 4.54. The van der Waals surface area contributed by atoms with E-state index in [1.165, 1.54) is 36.5 Å². The van der Waals surface area contributed by atoms with Gasteiger partial charge < -0.3 is 4.90 Å². The molecular weight excluding hydrogens is 370 g/mol. The summed E-state index contributed by atoms with van der Waals surface area (Å²) in [6.07, 6.45) is 8.67. The third kappa shape index (κ3) is 3.53. The number of fused-ring (bicyclic) bond motifs is 1. The maximum Gasteiger partial charge on any atom is 0.233 e. The Morgan fingerprint density at radius 2 is 2.00 bits per heavy atom. The number of H-pyrrole nitrogens is 1. The highest BCUT2D eigenvalue weighted by molar-refractivity contribution is 7.97. The monoisotopic (exact) mass is 394 g/mol. The van der Waals surface area contributed by atoms with Crippen molar-refractivity contribution in [3.05, 3.63) is 60.4 Å². The Morgan fingerprint density at radius 3 is 2.75 bits per heavy atom. The Hall–Kier alpha value is -2.71. The van der Waals surface area contributed by atoms with Gasteiger partial charge in [-0.2, -0.15) is 5.10 Å². The minimum absolute atomic E-state index is 0.783. The van der Waals surface area contributed by atoms with Gasteiger partial charge in [0.2, 0.25) is 11.7 Å². The van der Waals surface area contributed by atoms with Gasteiger partial charge in [-0.05, 0) is 56.0 Å². The first-order chi connectivity index (χ1) is 13.7. The summed E-state index contributed by atoms with van der Waals surface area (Å²) in [6, 6.07) is 10.9. The lowest BCUT2D eigenvalue weighted by Gasteiger charge is -2.27. The van der Waals surface area contributed by atoms with Crippen LogP contribution < -0.4 is 15.1 Å². The van der Waals surface area contributed by atoms with Crippen molar-refractivity contribution in [3.63, 3.8) is 0 Å². The molecule has 28 heavy (non-hydrogen) atoms. The molecule has 1 fully saturated rings. The van der Waals surface area contributed by atoms with Crippen molar-refractivity contribution in [2.24, 2.45) is 4.99 Å². The van der Waals surface area contributed by atoms with E-state index in [1.54, 1.807) is 11.9 Å². The quantitative estimate of drug-likeness (QED) is 0.680. The van der Waals surface area contributed by atoms with E-state index in [4.69, 9.17) is 0 Å². The van der Waals surface area contributed by atoms with Crippen LogP contribution in [0.3, 0.4) is 0 Å². The van der Waals surface area contributed by atoms with Gasteiger partial charge in [-0.3, -0.25) is 14.7 Å². The summed E-state index contributed by atoms with van der Waals surface area (Å²) < 4.78 is 2.22. The van der Waals surface area contributed by atoms with Crippen LogP contribution in [-0.2, 0) is 0 Å². The van der Waals surface area contributed by atoms with Crippen LogP contribution in [0.4, 0.5) is 11.5 Å². The van der Waals surface area contributed by atoms with E-state index in [0.29, 0.717) is 0 Å². The van der Waals surface area contributed by atoms with Gasteiger partial charge in [0.1, 0.15) is 12.7 Å². The molecule has 1 atom stereocenters. The number of aliphatic imine (C=N–C) groups is 1. The second kappa shape index (κ2) is 7.37.